The quantitative estimate of drug-likeness (QED) is 0.339. The van der Waals surface area contributed by atoms with E-state index in [2.05, 4.69) is 9.89 Å². The molecule has 0 bridgehead atoms. The first-order valence-electron chi connectivity index (χ1n) is 4.04. The summed E-state index contributed by atoms with van der Waals surface area (Å²) in [5.74, 6) is -0.581. The molecule has 5 heteroatoms. The maximum Gasteiger partial charge on any atom is 0.338 e. The molecule has 0 aliphatic rings. The number of carbonyl (C=O) groups is 1. The SMILES string of the molecule is COC(=O)c1ccccc1/C(C#N)=N/O. The van der Waals surface area contributed by atoms with Crippen LogP contribution in [0, 0.1) is 11.3 Å². The number of esters is 1. The average Bonchev–Trinajstić information content (AvgIpc) is 2.30. The van der Waals surface area contributed by atoms with Crippen LogP contribution in [0.2, 0.25) is 0 Å². The van der Waals surface area contributed by atoms with Crippen molar-refractivity contribution in [2.24, 2.45) is 5.16 Å². The highest BCUT2D eigenvalue weighted by Gasteiger charge is 2.15. The lowest BCUT2D eigenvalue weighted by Crippen LogP contribution is -2.09. The Morgan fingerprint density at radius 2 is 2.07 bits per heavy atom. The Morgan fingerprint density at radius 3 is 2.53 bits per heavy atom. The van der Waals surface area contributed by atoms with Crippen LogP contribution in [0.4, 0.5) is 0 Å². The van der Waals surface area contributed by atoms with Gasteiger partial charge in [-0.1, -0.05) is 23.4 Å². The second-order valence-corrected chi connectivity index (χ2v) is 2.60. The number of hydrogen-bond acceptors (Lipinski definition) is 5. The molecule has 15 heavy (non-hydrogen) atoms. The number of methoxy groups -OCH3 is 1. The highest BCUT2D eigenvalue weighted by Crippen LogP contribution is 2.11. The van der Waals surface area contributed by atoms with Crippen LogP contribution < -0.4 is 0 Å². The Balaban J connectivity index is 3.31. The summed E-state index contributed by atoms with van der Waals surface area (Å²) in [5, 5.41) is 20.0. The van der Waals surface area contributed by atoms with Gasteiger partial charge in [0.05, 0.1) is 12.7 Å². The van der Waals surface area contributed by atoms with Crippen molar-refractivity contribution in [2.45, 2.75) is 0 Å². The van der Waals surface area contributed by atoms with Crippen molar-refractivity contribution in [1.29, 1.82) is 5.26 Å². The molecule has 1 aromatic carbocycles. The van der Waals surface area contributed by atoms with Gasteiger partial charge in [-0.2, -0.15) is 5.26 Å². The second-order valence-electron chi connectivity index (χ2n) is 2.60. The fourth-order valence-electron chi connectivity index (χ4n) is 1.11. The molecule has 0 amide bonds. The number of carbonyl (C=O) groups excluding carboxylic acids is 1. The fraction of sp³-hybridized carbons (Fsp3) is 0.100. The summed E-state index contributed by atoms with van der Waals surface area (Å²) in [6, 6.07) is 7.93. The lowest BCUT2D eigenvalue weighted by atomic mass is 10.0. The van der Waals surface area contributed by atoms with Gasteiger partial charge in [-0.15, -0.1) is 0 Å². The summed E-state index contributed by atoms with van der Waals surface area (Å²) in [4.78, 5) is 11.3. The molecular formula is C10H8N2O3. The van der Waals surface area contributed by atoms with Crippen molar-refractivity contribution in [3.63, 3.8) is 0 Å². The van der Waals surface area contributed by atoms with E-state index in [0.29, 0.717) is 0 Å². The van der Waals surface area contributed by atoms with E-state index in [9.17, 15) is 4.79 Å². The van der Waals surface area contributed by atoms with Gasteiger partial charge in [0.25, 0.3) is 0 Å². The molecule has 1 N–H and O–H groups in total. The lowest BCUT2D eigenvalue weighted by molar-refractivity contribution is 0.0600. The number of nitrogens with zero attached hydrogens (tertiary/aromatic N) is 2. The summed E-state index contributed by atoms with van der Waals surface area (Å²) >= 11 is 0. The van der Waals surface area contributed by atoms with Gasteiger partial charge in [-0.05, 0) is 6.07 Å². The minimum Gasteiger partial charge on any atom is -0.465 e. The molecule has 0 aromatic heterocycles. The number of ether oxygens (including phenoxy) is 1. The third-order valence-electron chi connectivity index (χ3n) is 1.79. The number of benzene rings is 1. The molecule has 0 spiro atoms. The molecule has 1 aromatic rings. The van der Waals surface area contributed by atoms with Crippen LogP contribution >= 0.6 is 0 Å². The van der Waals surface area contributed by atoms with Crippen LogP contribution in [-0.4, -0.2) is 24.0 Å². The Labute approximate surface area is 86.2 Å². The standard InChI is InChI=1S/C10H8N2O3/c1-15-10(13)8-5-3-2-4-7(8)9(6-11)12-14/h2-5,14H,1H3/b12-9+. The first-order valence-corrected chi connectivity index (χ1v) is 4.04. The van der Waals surface area contributed by atoms with Gasteiger partial charge >= 0.3 is 5.97 Å². The monoisotopic (exact) mass is 204 g/mol. The van der Waals surface area contributed by atoms with Crippen LogP contribution in [0.5, 0.6) is 0 Å². The molecule has 0 atom stereocenters. The second kappa shape index (κ2) is 4.77. The van der Waals surface area contributed by atoms with Crippen LogP contribution in [0.3, 0.4) is 0 Å². The molecule has 0 saturated heterocycles. The molecule has 0 radical (unpaired) electrons. The first kappa shape index (κ1) is 10.7. The summed E-state index contributed by atoms with van der Waals surface area (Å²) in [5.41, 5.74) is 0.208. The minimum absolute atomic E-state index is 0.189. The number of rotatable bonds is 2. The molecule has 0 aliphatic carbocycles. The number of nitriles is 1. The summed E-state index contributed by atoms with van der Waals surface area (Å²) < 4.78 is 4.53. The molecule has 0 aliphatic heterocycles. The largest absolute Gasteiger partial charge is 0.465 e. The van der Waals surface area contributed by atoms with E-state index in [1.807, 2.05) is 0 Å². The van der Waals surface area contributed by atoms with Crippen molar-refractivity contribution in [3.8, 4) is 6.07 Å². The van der Waals surface area contributed by atoms with Gasteiger partial charge in [-0.25, -0.2) is 4.79 Å². The maximum absolute atomic E-state index is 11.3. The normalized spacial score (nSPS) is 10.5. The van der Waals surface area contributed by atoms with Gasteiger partial charge in [-0.3, -0.25) is 0 Å². The highest BCUT2D eigenvalue weighted by atomic mass is 16.5. The zero-order valence-electron chi connectivity index (χ0n) is 7.97. The Kier molecular flexibility index (Phi) is 3.41. The topological polar surface area (TPSA) is 82.7 Å². The van der Waals surface area contributed by atoms with E-state index >= 15 is 0 Å². The summed E-state index contributed by atoms with van der Waals surface area (Å²) in [6.07, 6.45) is 0. The molecule has 0 saturated carbocycles. The Morgan fingerprint density at radius 1 is 1.47 bits per heavy atom. The molecular weight excluding hydrogens is 196 g/mol. The molecule has 5 nitrogen and oxygen atoms in total. The Hall–Kier alpha value is -2.35. The highest BCUT2D eigenvalue weighted by molar-refractivity contribution is 6.16. The smallest absolute Gasteiger partial charge is 0.338 e. The molecule has 1 rings (SSSR count). The number of oxime groups is 1. The van der Waals surface area contributed by atoms with E-state index in [-0.39, 0.29) is 16.8 Å². The molecule has 0 heterocycles. The van der Waals surface area contributed by atoms with Crippen molar-refractivity contribution < 1.29 is 14.7 Å². The predicted molar refractivity (Wildman–Crippen MR) is 51.7 cm³/mol. The van der Waals surface area contributed by atoms with E-state index in [1.165, 1.54) is 19.2 Å². The van der Waals surface area contributed by atoms with Gasteiger partial charge in [0.2, 0.25) is 0 Å². The third-order valence-corrected chi connectivity index (χ3v) is 1.79. The van der Waals surface area contributed by atoms with Crippen LogP contribution in [0.25, 0.3) is 0 Å². The van der Waals surface area contributed by atoms with Crippen molar-refractivity contribution in [3.05, 3.63) is 35.4 Å². The Bertz CT molecular complexity index is 446. The van der Waals surface area contributed by atoms with Gasteiger partial charge in [0.15, 0.2) is 5.71 Å². The van der Waals surface area contributed by atoms with Gasteiger partial charge < -0.3 is 9.94 Å². The van der Waals surface area contributed by atoms with Gasteiger partial charge in [0.1, 0.15) is 6.07 Å². The van der Waals surface area contributed by atoms with Crippen molar-refractivity contribution in [2.75, 3.05) is 7.11 Å². The predicted octanol–water partition coefficient (Wildman–Crippen LogP) is 1.18. The van der Waals surface area contributed by atoms with E-state index in [4.69, 9.17) is 10.5 Å². The maximum atomic E-state index is 11.3. The van der Waals surface area contributed by atoms with Crippen LogP contribution in [-0.2, 0) is 4.74 Å². The lowest BCUT2D eigenvalue weighted by Gasteiger charge is -2.03. The van der Waals surface area contributed by atoms with Gasteiger partial charge in [0, 0.05) is 5.56 Å². The van der Waals surface area contributed by atoms with Crippen LogP contribution in [0.15, 0.2) is 29.4 Å². The first-order chi connectivity index (χ1) is 7.24. The van der Waals surface area contributed by atoms with Crippen molar-refractivity contribution in [1.82, 2.24) is 0 Å². The summed E-state index contributed by atoms with van der Waals surface area (Å²) in [6.45, 7) is 0. The number of hydrogen-bond donors (Lipinski definition) is 1. The van der Waals surface area contributed by atoms with E-state index < -0.39 is 5.97 Å². The third kappa shape index (κ3) is 2.11. The molecule has 0 fully saturated rings. The fourth-order valence-corrected chi connectivity index (χ4v) is 1.11. The summed E-state index contributed by atoms with van der Waals surface area (Å²) in [7, 11) is 1.24. The van der Waals surface area contributed by atoms with Crippen molar-refractivity contribution >= 4 is 11.7 Å². The molecule has 76 valence electrons. The van der Waals surface area contributed by atoms with Crippen LogP contribution in [0.1, 0.15) is 15.9 Å². The zero-order chi connectivity index (χ0) is 11.3. The van der Waals surface area contributed by atoms with E-state index in [1.54, 1.807) is 18.2 Å². The minimum atomic E-state index is -0.581. The molecule has 0 unspecified atom stereocenters. The average molecular weight is 204 g/mol. The zero-order valence-corrected chi connectivity index (χ0v) is 7.97. The van der Waals surface area contributed by atoms with E-state index in [0.717, 1.165) is 0 Å².